The van der Waals surface area contributed by atoms with E-state index in [4.69, 9.17) is 0 Å². The lowest BCUT2D eigenvalue weighted by atomic mass is 9.80. The van der Waals surface area contributed by atoms with Gasteiger partial charge in [-0.1, -0.05) is 66.7 Å². The molecule has 64 heavy (non-hydrogen) atoms. The summed E-state index contributed by atoms with van der Waals surface area (Å²) in [6, 6.07) is 25.4. The molecule has 4 fully saturated rings. The van der Waals surface area contributed by atoms with Gasteiger partial charge in [-0.15, -0.1) is 12.4 Å². The van der Waals surface area contributed by atoms with E-state index in [1.54, 1.807) is 0 Å². The topological polar surface area (TPSA) is 163 Å². The molecule has 0 saturated carbocycles. The first-order valence-corrected chi connectivity index (χ1v) is 23.3. The molecule has 5 aliphatic heterocycles. The molecule has 0 radical (unpaired) electrons. The van der Waals surface area contributed by atoms with Gasteiger partial charge in [0.2, 0.25) is 0 Å². The lowest BCUT2D eigenvalue weighted by Crippen LogP contribution is -2.35. The lowest BCUT2D eigenvalue weighted by Gasteiger charge is -2.36. The number of nitrogens with one attached hydrogen (secondary N) is 4. The van der Waals surface area contributed by atoms with Gasteiger partial charge in [-0.25, -0.2) is 0 Å². The minimum absolute atomic E-state index is 0. The minimum Gasteiger partial charge on any atom is -0.481 e. The second kappa shape index (κ2) is 22.3. The highest BCUT2D eigenvalue weighted by Crippen LogP contribution is 2.37. The third-order valence-corrected chi connectivity index (χ3v) is 14.6. The zero-order valence-electron chi connectivity index (χ0n) is 36.9. The monoisotopic (exact) mass is 891 g/mol. The van der Waals surface area contributed by atoms with Crippen molar-refractivity contribution in [3.05, 3.63) is 136 Å². The van der Waals surface area contributed by atoms with E-state index < -0.39 is 35.7 Å². The minimum atomic E-state index is -0.732. The van der Waals surface area contributed by atoms with Crippen LogP contribution in [0.3, 0.4) is 0 Å². The number of carboxylic acids is 3. The molecular weight excluding hydrogens is 826 g/mol. The number of rotatable bonds is 18. The zero-order chi connectivity index (χ0) is 43.7. The van der Waals surface area contributed by atoms with Gasteiger partial charge >= 0.3 is 17.9 Å². The van der Waals surface area contributed by atoms with E-state index in [2.05, 4.69) is 111 Å². The Bertz CT molecular complexity index is 2180. The Kier molecular flexibility index (Phi) is 16.4. The van der Waals surface area contributed by atoms with Crippen molar-refractivity contribution in [3.63, 3.8) is 0 Å². The molecule has 0 spiro atoms. The van der Waals surface area contributed by atoms with E-state index in [1.165, 1.54) is 11.1 Å². The fraction of sp³-hybridized carbons (Fsp3) is 0.481. The van der Waals surface area contributed by atoms with E-state index in [0.717, 1.165) is 124 Å². The summed E-state index contributed by atoms with van der Waals surface area (Å²) in [7, 11) is 0. The summed E-state index contributed by atoms with van der Waals surface area (Å²) in [5.74, 6) is -2.74. The van der Waals surface area contributed by atoms with E-state index in [1.807, 2.05) is 6.20 Å². The molecule has 0 amide bonds. The van der Waals surface area contributed by atoms with Crippen molar-refractivity contribution in [1.29, 1.82) is 0 Å². The first kappa shape index (κ1) is 47.0. The summed E-state index contributed by atoms with van der Waals surface area (Å²) in [5.41, 5.74) is 10.3. The van der Waals surface area contributed by atoms with Crippen molar-refractivity contribution in [2.75, 3.05) is 57.3 Å². The summed E-state index contributed by atoms with van der Waals surface area (Å²) in [4.78, 5) is 39.7. The molecule has 0 bridgehead atoms. The van der Waals surface area contributed by atoms with Crippen LogP contribution in [0.4, 0.5) is 5.69 Å². The van der Waals surface area contributed by atoms with E-state index in [-0.39, 0.29) is 30.2 Å². The second-order valence-corrected chi connectivity index (χ2v) is 18.7. The van der Waals surface area contributed by atoms with Gasteiger partial charge in [0.25, 0.3) is 0 Å². The van der Waals surface area contributed by atoms with E-state index in [9.17, 15) is 29.7 Å². The summed E-state index contributed by atoms with van der Waals surface area (Å²) in [5, 5.41) is 44.3. The van der Waals surface area contributed by atoms with Crippen LogP contribution in [0, 0.1) is 41.4 Å². The highest BCUT2D eigenvalue weighted by atomic mass is 35.5. The maximum absolute atomic E-state index is 12.5. The van der Waals surface area contributed by atoms with Crippen LogP contribution in [0.1, 0.15) is 59.9 Å². The molecule has 7 N–H and O–H groups in total. The van der Waals surface area contributed by atoms with Crippen molar-refractivity contribution in [2.45, 2.75) is 64.2 Å². The van der Waals surface area contributed by atoms with Crippen molar-refractivity contribution in [1.82, 2.24) is 21.3 Å². The Morgan fingerprint density at radius 3 is 1.52 bits per heavy atom. The number of carbonyl (C=O) groups is 3. The Hall–Kier alpha value is -4.94. The van der Waals surface area contributed by atoms with Crippen LogP contribution in [-0.2, 0) is 46.5 Å². The first-order chi connectivity index (χ1) is 30.7. The van der Waals surface area contributed by atoms with Gasteiger partial charge in [0.15, 0.2) is 0 Å². The Balaban J connectivity index is 0.00000612. The van der Waals surface area contributed by atoms with Crippen LogP contribution in [0.2, 0.25) is 0 Å². The van der Waals surface area contributed by atoms with Gasteiger partial charge in [0.1, 0.15) is 0 Å². The molecule has 5 heterocycles. The average molecular weight is 893 g/mol. The SMILES string of the molecule is Cl.O=C(O)[C@@H](Cc1cccc(CC2=C(Cc3cccc(C[C@H](C(=O)O)[C@H]4CCNC4)c3)C(C3CCN(c4cccc(C[C@H](C(=O)O)[C@H]5CCNC5)c4)CC3)=CC=CN2)c1)[C@H]1CCNC1. The van der Waals surface area contributed by atoms with Crippen molar-refractivity contribution < 1.29 is 29.7 Å². The van der Waals surface area contributed by atoms with E-state index in [0.29, 0.717) is 38.0 Å². The Labute approximate surface area is 384 Å². The number of aliphatic carboxylic acids is 3. The molecule has 8 rings (SSSR count). The fourth-order valence-electron chi connectivity index (χ4n) is 11.1. The van der Waals surface area contributed by atoms with Gasteiger partial charge in [0.05, 0.1) is 17.8 Å². The molecule has 0 aromatic heterocycles. The van der Waals surface area contributed by atoms with Gasteiger partial charge < -0.3 is 41.5 Å². The van der Waals surface area contributed by atoms with Crippen molar-refractivity contribution >= 4 is 36.0 Å². The predicted octanol–water partition coefficient (Wildman–Crippen LogP) is 6.67. The second-order valence-electron chi connectivity index (χ2n) is 18.7. The Morgan fingerprint density at radius 1 is 0.594 bits per heavy atom. The molecular formula is C52H66ClN5O6. The largest absolute Gasteiger partial charge is 0.481 e. The van der Waals surface area contributed by atoms with E-state index >= 15 is 0 Å². The number of hydrogen-bond donors (Lipinski definition) is 7. The summed E-state index contributed by atoms with van der Waals surface area (Å²) < 4.78 is 0. The molecule has 0 unspecified atom stereocenters. The van der Waals surface area contributed by atoms with Gasteiger partial charge in [0, 0.05) is 37.1 Å². The van der Waals surface area contributed by atoms with Gasteiger partial charge in [-0.05, 0) is 178 Å². The zero-order valence-corrected chi connectivity index (χ0v) is 37.7. The number of halogens is 1. The molecule has 6 atom stereocenters. The van der Waals surface area contributed by atoms with Crippen LogP contribution in [-0.4, -0.2) is 85.6 Å². The molecule has 0 aliphatic carbocycles. The summed E-state index contributed by atoms with van der Waals surface area (Å²) >= 11 is 0. The van der Waals surface area contributed by atoms with Gasteiger partial charge in [-0.3, -0.25) is 14.4 Å². The number of allylic oxidation sites excluding steroid dienone is 5. The maximum atomic E-state index is 12.5. The Morgan fingerprint density at radius 2 is 1.05 bits per heavy atom. The molecule has 12 heteroatoms. The summed E-state index contributed by atoms with van der Waals surface area (Å²) in [6.45, 7) is 6.60. The number of anilines is 1. The maximum Gasteiger partial charge on any atom is 0.307 e. The van der Waals surface area contributed by atoms with Crippen LogP contribution < -0.4 is 26.2 Å². The molecule has 342 valence electrons. The van der Waals surface area contributed by atoms with Crippen LogP contribution in [0.15, 0.2) is 108 Å². The third-order valence-electron chi connectivity index (χ3n) is 14.6. The standard InChI is InChI=1S/C52H65N5O6.ClH/c58-50(59)45(40-12-18-53-31-40)26-34-5-1-7-36(23-34)29-48-44(11-4-17-56-49(48)30-37-8-2-6-35(24-37)27-46(51(60)61)41-13-19-54-32-41)39-15-21-57(22-16-39)43-10-3-9-38(25-43)28-47(52(62)63)42-14-20-55-33-42;/h1-11,17,23-25,39-42,45-47,53-56H,12-16,18-22,26-33H2,(H,58,59)(H,60,61)(H,62,63);1H/t40-,41-,42-,45-,46-,47-;/m0./s1. The average Bonchev–Trinajstić information content (AvgIpc) is 4.11. The first-order valence-electron chi connectivity index (χ1n) is 23.3. The van der Waals surface area contributed by atoms with Crippen LogP contribution >= 0.6 is 12.4 Å². The highest BCUT2D eigenvalue weighted by molar-refractivity contribution is 5.85. The smallest absolute Gasteiger partial charge is 0.307 e. The number of hydrogen-bond acceptors (Lipinski definition) is 8. The summed E-state index contributed by atoms with van der Waals surface area (Å²) in [6.07, 6.45) is 13.9. The van der Waals surface area contributed by atoms with Crippen molar-refractivity contribution in [2.24, 2.45) is 41.4 Å². The number of piperidine rings is 1. The molecule has 3 aromatic rings. The van der Waals surface area contributed by atoms with Gasteiger partial charge in [-0.2, -0.15) is 0 Å². The number of benzene rings is 3. The van der Waals surface area contributed by atoms with Crippen LogP contribution in [0.5, 0.6) is 0 Å². The molecule has 5 aliphatic rings. The predicted molar refractivity (Wildman–Crippen MR) is 254 cm³/mol. The normalized spacial score (nSPS) is 22.8. The third kappa shape index (κ3) is 11.8. The number of carboxylic acid groups (broad SMARTS) is 3. The lowest BCUT2D eigenvalue weighted by molar-refractivity contribution is -0.144. The highest BCUT2D eigenvalue weighted by Gasteiger charge is 2.34. The number of nitrogens with zero attached hydrogens (tertiary/aromatic N) is 1. The molecule has 11 nitrogen and oxygen atoms in total. The molecule has 3 aromatic carbocycles. The fourth-order valence-corrected chi connectivity index (χ4v) is 11.1. The quantitative estimate of drug-likeness (QED) is 0.0731. The molecule has 4 saturated heterocycles. The van der Waals surface area contributed by atoms with Crippen LogP contribution in [0.25, 0.3) is 0 Å². The van der Waals surface area contributed by atoms with Crippen molar-refractivity contribution in [3.8, 4) is 0 Å².